The number of hydrogen-bond acceptors (Lipinski definition) is 6. The van der Waals surface area contributed by atoms with E-state index in [-0.39, 0.29) is 0 Å². The SMILES string of the molecule is CCOc1ccc(Nc2cnnc(NCc3cccc(C)c3)n2)cc1. The molecule has 0 radical (unpaired) electrons. The van der Waals surface area contributed by atoms with Gasteiger partial charge in [0, 0.05) is 12.2 Å². The van der Waals surface area contributed by atoms with Gasteiger partial charge < -0.3 is 15.4 Å². The van der Waals surface area contributed by atoms with E-state index in [0.29, 0.717) is 24.9 Å². The van der Waals surface area contributed by atoms with Crippen molar-refractivity contribution < 1.29 is 4.74 Å². The fourth-order valence-electron chi connectivity index (χ4n) is 2.39. The first-order valence-corrected chi connectivity index (χ1v) is 8.22. The smallest absolute Gasteiger partial charge is 0.244 e. The summed E-state index contributed by atoms with van der Waals surface area (Å²) >= 11 is 0. The number of anilines is 3. The zero-order valence-electron chi connectivity index (χ0n) is 14.4. The number of rotatable bonds is 7. The Kier molecular flexibility index (Phi) is 5.41. The van der Waals surface area contributed by atoms with E-state index in [0.717, 1.165) is 11.4 Å². The average Bonchev–Trinajstić information content (AvgIpc) is 2.62. The molecule has 6 heteroatoms. The molecular formula is C19H21N5O. The third kappa shape index (κ3) is 4.91. The van der Waals surface area contributed by atoms with Gasteiger partial charge in [0.2, 0.25) is 5.95 Å². The number of aromatic nitrogens is 3. The number of nitrogens with one attached hydrogen (secondary N) is 2. The van der Waals surface area contributed by atoms with Gasteiger partial charge in [0.1, 0.15) is 5.75 Å². The minimum atomic E-state index is 0.484. The molecule has 0 aliphatic carbocycles. The summed E-state index contributed by atoms with van der Waals surface area (Å²) in [7, 11) is 0. The molecule has 0 saturated carbocycles. The summed E-state index contributed by atoms with van der Waals surface area (Å²) in [6, 6.07) is 16.0. The Hall–Kier alpha value is -3.15. The van der Waals surface area contributed by atoms with Crippen molar-refractivity contribution in [2.45, 2.75) is 20.4 Å². The molecule has 1 heterocycles. The van der Waals surface area contributed by atoms with E-state index in [1.807, 2.05) is 37.3 Å². The molecule has 3 aromatic rings. The van der Waals surface area contributed by atoms with E-state index in [4.69, 9.17) is 4.74 Å². The molecule has 2 N–H and O–H groups in total. The molecule has 0 spiro atoms. The summed E-state index contributed by atoms with van der Waals surface area (Å²) in [5, 5.41) is 14.4. The van der Waals surface area contributed by atoms with Crippen LogP contribution in [-0.4, -0.2) is 21.8 Å². The van der Waals surface area contributed by atoms with Crippen molar-refractivity contribution in [3.8, 4) is 5.75 Å². The Labute approximate surface area is 147 Å². The second-order valence-corrected chi connectivity index (χ2v) is 5.59. The lowest BCUT2D eigenvalue weighted by atomic mass is 10.1. The van der Waals surface area contributed by atoms with Crippen LogP contribution in [0.25, 0.3) is 0 Å². The highest BCUT2D eigenvalue weighted by Crippen LogP contribution is 2.19. The lowest BCUT2D eigenvalue weighted by Crippen LogP contribution is -2.06. The van der Waals surface area contributed by atoms with Crippen LogP contribution in [0.2, 0.25) is 0 Å². The topological polar surface area (TPSA) is 72.0 Å². The van der Waals surface area contributed by atoms with Crippen LogP contribution in [0.15, 0.2) is 54.7 Å². The van der Waals surface area contributed by atoms with Gasteiger partial charge in [-0.2, -0.15) is 10.1 Å². The highest BCUT2D eigenvalue weighted by atomic mass is 16.5. The molecule has 6 nitrogen and oxygen atoms in total. The van der Waals surface area contributed by atoms with Crippen LogP contribution in [0.5, 0.6) is 5.75 Å². The van der Waals surface area contributed by atoms with Gasteiger partial charge in [-0.3, -0.25) is 0 Å². The van der Waals surface area contributed by atoms with Crippen LogP contribution >= 0.6 is 0 Å². The molecule has 0 amide bonds. The average molecular weight is 335 g/mol. The van der Waals surface area contributed by atoms with Gasteiger partial charge in [-0.05, 0) is 43.7 Å². The number of ether oxygens (including phenoxy) is 1. The maximum atomic E-state index is 5.44. The van der Waals surface area contributed by atoms with Crippen molar-refractivity contribution in [1.82, 2.24) is 15.2 Å². The molecule has 128 valence electrons. The standard InChI is InChI=1S/C19H21N5O/c1-3-25-17-9-7-16(8-10-17)22-18-13-21-24-19(23-18)20-12-15-6-4-5-14(2)11-15/h4-11,13H,3,12H2,1-2H3,(H2,20,22,23,24). The molecule has 25 heavy (non-hydrogen) atoms. The number of nitrogens with zero attached hydrogens (tertiary/aromatic N) is 3. The van der Waals surface area contributed by atoms with Crippen molar-refractivity contribution in [2.75, 3.05) is 17.2 Å². The summed E-state index contributed by atoms with van der Waals surface area (Å²) in [6.07, 6.45) is 1.59. The first-order chi connectivity index (χ1) is 12.2. The zero-order chi connectivity index (χ0) is 17.5. The van der Waals surface area contributed by atoms with Crippen molar-refractivity contribution >= 4 is 17.5 Å². The summed E-state index contributed by atoms with van der Waals surface area (Å²) in [5.41, 5.74) is 3.31. The molecule has 0 bridgehead atoms. The molecule has 0 fully saturated rings. The molecule has 0 saturated heterocycles. The molecule has 0 aliphatic rings. The maximum Gasteiger partial charge on any atom is 0.244 e. The van der Waals surface area contributed by atoms with Crippen LogP contribution in [0.4, 0.5) is 17.5 Å². The van der Waals surface area contributed by atoms with Crippen molar-refractivity contribution in [3.63, 3.8) is 0 Å². The Morgan fingerprint density at radius 2 is 1.92 bits per heavy atom. The lowest BCUT2D eigenvalue weighted by Gasteiger charge is -2.09. The van der Waals surface area contributed by atoms with Crippen molar-refractivity contribution in [1.29, 1.82) is 0 Å². The second-order valence-electron chi connectivity index (χ2n) is 5.59. The monoisotopic (exact) mass is 335 g/mol. The van der Waals surface area contributed by atoms with Gasteiger partial charge in [0.05, 0.1) is 12.8 Å². The van der Waals surface area contributed by atoms with E-state index >= 15 is 0 Å². The predicted octanol–water partition coefficient (Wildman–Crippen LogP) is 3.93. The summed E-state index contributed by atoms with van der Waals surface area (Å²) in [6.45, 7) is 5.33. The maximum absolute atomic E-state index is 5.44. The van der Waals surface area contributed by atoms with Gasteiger partial charge >= 0.3 is 0 Å². The van der Waals surface area contributed by atoms with Gasteiger partial charge in [-0.1, -0.05) is 29.8 Å². The van der Waals surface area contributed by atoms with Crippen molar-refractivity contribution in [3.05, 3.63) is 65.9 Å². The molecule has 2 aromatic carbocycles. The van der Waals surface area contributed by atoms with E-state index < -0.39 is 0 Å². The predicted molar refractivity (Wildman–Crippen MR) is 99.2 cm³/mol. The van der Waals surface area contributed by atoms with Gasteiger partial charge in [0.25, 0.3) is 0 Å². The molecule has 0 unspecified atom stereocenters. The lowest BCUT2D eigenvalue weighted by molar-refractivity contribution is 0.340. The normalized spacial score (nSPS) is 10.3. The Morgan fingerprint density at radius 1 is 1.08 bits per heavy atom. The first-order valence-electron chi connectivity index (χ1n) is 8.22. The van der Waals surface area contributed by atoms with Crippen LogP contribution in [0, 0.1) is 6.92 Å². The number of benzene rings is 2. The molecule has 1 aromatic heterocycles. The third-order valence-corrected chi connectivity index (χ3v) is 3.53. The molecule has 3 rings (SSSR count). The molecule has 0 atom stereocenters. The summed E-state index contributed by atoms with van der Waals surface area (Å²) < 4.78 is 5.44. The fraction of sp³-hybridized carbons (Fsp3) is 0.211. The Morgan fingerprint density at radius 3 is 2.68 bits per heavy atom. The van der Waals surface area contributed by atoms with Gasteiger partial charge in [-0.25, -0.2) is 0 Å². The zero-order valence-corrected chi connectivity index (χ0v) is 14.4. The van der Waals surface area contributed by atoms with Crippen LogP contribution in [0.1, 0.15) is 18.1 Å². The second kappa shape index (κ2) is 8.10. The van der Waals surface area contributed by atoms with Crippen LogP contribution in [-0.2, 0) is 6.54 Å². The molecule has 0 aliphatic heterocycles. The van der Waals surface area contributed by atoms with E-state index in [1.165, 1.54) is 11.1 Å². The summed E-state index contributed by atoms with van der Waals surface area (Å²) in [4.78, 5) is 4.44. The third-order valence-electron chi connectivity index (χ3n) is 3.53. The minimum absolute atomic E-state index is 0.484. The number of hydrogen-bond donors (Lipinski definition) is 2. The van der Waals surface area contributed by atoms with Gasteiger partial charge in [-0.15, -0.1) is 5.10 Å². The van der Waals surface area contributed by atoms with Crippen molar-refractivity contribution in [2.24, 2.45) is 0 Å². The Bertz CT molecular complexity index is 820. The minimum Gasteiger partial charge on any atom is -0.494 e. The largest absolute Gasteiger partial charge is 0.494 e. The Balaban J connectivity index is 1.62. The molecular weight excluding hydrogens is 314 g/mol. The first kappa shape index (κ1) is 16.7. The summed E-state index contributed by atoms with van der Waals surface area (Å²) in [5.74, 6) is 1.96. The van der Waals surface area contributed by atoms with E-state index in [2.05, 4.69) is 50.9 Å². The van der Waals surface area contributed by atoms with Crippen LogP contribution in [0.3, 0.4) is 0 Å². The quantitative estimate of drug-likeness (QED) is 0.681. The highest BCUT2D eigenvalue weighted by molar-refractivity contribution is 5.57. The van der Waals surface area contributed by atoms with Gasteiger partial charge in [0.15, 0.2) is 5.82 Å². The van der Waals surface area contributed by atoms with Crippen LogP contribution < -0.4 is 15.4 Å². The van der Waals surface area contributed by atoms with E-state index in [1.54, 1.807) is 6.20 Å². The van der Waals surface area contributed by atoms with E-state index in [9.17, 15) is 0 Å². The number of aryl methyl sites for hydroxylation is 1. The fourth-order valence-corrected chi connectivity index (χ4v) is 2.39. The highest BCUT2D eigenvalue weighted by Gasteiger charge is 2.02.